The molecule has 1 aliphatic heterocycles. The minimum atomic E-state index is -0.868. The highest BCUT2D eigenvalue weighted by molar-refractivity contribution is 7.99. The van der Waals surface area contributed by atoms with E-state index in [1.807, 2.05) is 0 Å². The van der Waals surface area contributed by atoms with Gasteiger partial charge >= 0.3 is 5.97 Å². The third-order valence-electron chi connectivity index (χ3n) is 18.8. The van der Waals surface area contributed by atoms with Gasteiger partial charge in [-0.3, -0.25) is 4.79 Å². The molecule has 8 rings (SSSR count). The van der Waals surface area contributed by atoms with Crippen LogP contribution in [0.4, 0.5) is 5.69 Å². The van der Waals surface area contributed by atoms with Gasteiger partial charge in [0.05, 0.1) is 18.6 Å². The zero-order valence-electron chi connectivity index (χ0n) is 36.6. The van der Waals surface area contributed by atoms with E-state index in [2.05, 4.69) is 92.1 Å². The summed E-state index contributed by atoms with van der Waals surface area (Å²) in [7, 11) is 0. The van der Waals surface area contributed by atoms with E-state index in [-0.39, 0.29) is 28.9 Å². The summed E-state index contributed by atoms with van der Waals surface area (Å²) in [5, 5.41) is 14.9. The summed E-state index contributed by atoms with van der Waals surface area (Å²) in [6.45, 7) is 32.7. The Labute approximate surface area is 354 Å². The molecule has 0 aromatic carbocycles. The van der Waals surface area contributed by atoms with Gasteiger partial charge in [-0.15, -0.1) is 0 Å². The summed E-state index contributed by atoms with van der Waals surface area (Å²) < 4.78 is 5.89. The summed E-state index contributed by atoms with van der Waals surface area (Å²) >= 11 is 2.11. The van der Waals surface area contributed by atoms with Gasteiger partial charge in [0.2, 0.25) is 11.6 Å². The van der Waals surface area contributed by atoms with Gasteiger partial charge in [-0.05, 0) is 159 Å². The van der Waals surface area contributed by atoms with Crippen molar-refractivity contribution in [1.82, 2.24) is 15.2 Å². The van der Waals surface area contributed by atoms with Gasteiger partial charge in [0, 0.05) is 49.4 Å². The van der Waals surface area contributed by atoms with E-state index in [0.29, 0.717) is 59.5 Å². The normalized spacial score (nSPS) is 40.7. The van der Waals surface area contributed by atoms with Crippen molar-refractivity contribution in [3.05, 3.63) is 65.2 Å². The molecule has 6 aliphatic carbocycles. The van der Waals surface area contributed by atoms with E-state index in [0.717, 1.165) is 25.3 Å². The van der Waals surface area contributed by atoms with E-state index in [1.165, 1.54) is 99.2 Å². The van der Waals surface area contributed by atoms with Crippen molar-refractivity contribution in [2.75, 3.05) is 44.3 Å². The lowest BCUT2D eigenvalue weighted by atomic mass is 9.33. The number of carboxylic acids is 1. The van der Waals surface area contributed by atoms with Crippen LogP contribution in [0.1, 0.15) is 125 Å². The zero-order valence-corrected chi connectivity index (χ0v) is 37.5. The van der Waals surface area contributed by atoms with Gasteiger partial charge in [0.1, 0.15) is 0 Å². The van der Waals surface area contributed by atoms with Crippen molar-refractivity contribution in [2.45, 2.75) is 131 Å². The van der Waals surface area contributed by atoms with Gasteiger partial charge in [-0.1, -0.05) is 65.0 Å². The van der Waals surface area contributed by atoms with Crippen molar-refractivity contribution in [3.63, 3.8) is 0 Å². The van der Waals surface area contributed by atoms with Crippen LogP contribution in [0.3, 0.4) is 0 Å². The molecule has 0 spiro atoms. The SMILES string of the molecule is [C-]#[N+]c1cccnc1OCCC1(C(=O)O)CC=C(C2=CC[C@]3(C)[C@H]4CC[C@@H]5[C@H]6[C@H](C(=C)C)CC[C@]6(NCCN6CCSCC6)CC[C@@]5(C)[C@]4(C)CC[C@H]3C2(C)C)CC1. The lowest BCUT2D eigenvalue weighted by Gasteiger charge is -2.72. The van der Waals surface area contributed by atoms with Gasteiger partial charge in [0.25, 0.3) is 0 Å². The molecule has 1 saturated heterocycles. The Balaban J connectivity index is 0.999. The molecule has 10 atom stereocenters. The monoisotopic (exact) mass is 809 g/mol. The van der Waals surface area contributed by atoms with Crippen LogP contribution >= 0.6 is 11.8 Å². The minimum absolute atomic E-state index is 0.0224. The molecule has 0 radical (unpaired) electrons. The van der Waals surface area contributed by atoms with Gasteiger partial charge in [-0.2, -0.15) is 11.8 Å². The molecule has 0 bridgehead atoms. The first-order valence-electron chi connectivity index (χ1n) is 22.9. The highest BCUT2D eigenvalue weighted by Gasteiger charge is 2.70. The maximum absolute atomic E-state index is 12.8. The van der Waals surface area contributed by atoms with Crippen molar-refractivity contribution >= 4 is 23.4 Å². The molecule has 1 unspecified atom stereocenters. The number of nitrogens with one attached hydrogen (secondary N) is 1. The maximum atomic E-state index is 12.8. The second kappa shape index (κ2) is 15.7. The molecule has 7 nitrogen and oxygen atoms in total. The van der Waals surface area contributed by atoms with Gasteiger partial charge in [0.15, 0.2) is 0 Å². The number of aliphatic carboxylic acids is 1. The number of ether oxygens (including phenoxy) is 1. The highest BCUT2D eigenvalue weighted by Crippen LogP contribution is 2.76. The fourth-order valence-corrected chi connectivity index (χ4v) is 16.5. The summed E-state index contributed by atoms with van der Waals surface area (Å²) in [5.41, 5.74) is 4.91. The fourth-order valence-electron chi connectivity index (χ4n) is 15.5. The molecule has 2 heterocycles. The summed E-state index contributed by atoms with van der Waals surface area (Å²) in [6.07, 6.45) is 20.4. The predicted molar refractivity (Wildman–Crippen MR) is 237 cm³/mol. The molecule has 4 saturated carbocycles. The molecule has 316 valence electrons. The molecular weight excluding hydrogens is 737 g/mol. The number of fused-ring (bicyclic) bond motifs is 7. The van der Waals surface area contributed by atoms with Crippen LogP contribution < -0.4 is 10.1 Å². The number of allylic oxidation sites excluding steroid dienone is 5. The first-order valence-corrected chi connectivity index (χ1v) is 24.1. The average Bonchev–Trinajstić information content (AvgIpc) is 3.59. The number of carboxylic acid groups (broad SMARTS) is 1. The quantitative estimate of drug-likeness (QED) is 0.170. The van der Waals surface area contributed by atoms with Crippen LogP contribution in [0.2, 0.25) is 0 Å². The molecule has 0 amide bonds. The zero-order chi connectivity index (χ0) is 41.1. The Morgan fingerprint density at radius 3 is 2.52 bits per heavy atom. The number of nitrogens with zero attached hydrogens (tertiary/aromatic N) is 3. The lowest BCUT2D eigenvalue weighted by molar-refractivity contribution is -0.221. The number of hydrogen-bond acceptors (Lipinski definition) is 6. The Kier molecular flexibility index (Phi) is 11.4. The Morgan fingerprint density at radius 1 is 1.02 bits per heavy atom. The predicted octanol–water partition coefficient (Wildman–Crippen LogP) is 11.2. The maximum Gasteiger partial charge on any atom is 0.310 e. The van der Waals surface area contributed by atoms with Crippen LogP contribution in [0.15, 0.2) is 53.8 Å². The standard InChI is InChI=1S/C50H72N4O3S/c1-34(2)36-15-22-50(53-27-28-54-29-32-58-33-30-54)24-23-47(6)38(42(36)50)11-12-41-46(5)18-16-37(45(3,4)40(46)17-19-48(41,47)7)35-13-20-49(21-14-35,44(55)56)25-31-57-43-39(51-8)10-9-26-52-43/h9-10,13,16,26,36,38,40-42,53H,1,11-12,14-15,17-25,27-33H2,2-7H3,(H,55,56)/t36-,38+,40-,41+,42+,46-,47+,48+,49?,50-/m0/s1. The van der Waals surface area contributed by atoms with Crippen LogP contribution in [0.5, 0.6) is 5.88 Å². The first kappa shape index (κ1) is 42.1. The largest absolute Gasteiger partial charge is 0.486 e. The molecular formula is C50H72N4O3S. The molecule has 5 fully saturated rings. The molecule has 2 N–H and O–H groups in total. The second-order valence-corrected chi connectivity index (χ2v) is 22.5. The second-order valence-electron chi connectivity index (χ2n) is 21.3. The molecule has 7 aliphatic rings. The Hall–Kier alpha value is -2.60. The first-order chi connectivity index (χ1) is 27.6. The van der Waals surface area contributed by atoms with Crippen LogP contribution in [-0.4, -0.2) is 70.8 Å². The smallest absolute Gasteiger partial charge is 0.310 e. The molecule has 1 aromatic heterocycles. The summed E-state index contributed by atoms with van der Waals surface area (Å²) in [6, 6.07) is 3.40. The van der Waals surface area contributed by atoms with Crippen molar-refractivity contribution in [3.8, 4) is 5.88 Å². The van der Waals surface area contributed by atoms with Crippen molar-refractivity contribution in [1.29, 1.82) is 0 Å². The van der Waals surface area contributed by atoms with E-state index >= 15 is 0 Å². The number of thioether (sulfide) groups is 1. The van der Waals surface area contributed by atoms with E-state index in [4.69, 9.17) is 11.3 Å². The van der Waals surface area contributed by atoms with E-state index in [1.54, 1.807) is 18.3 Å². The topological polar surface area (TPSA) is 79.0 Å². The Bertz CT molecular complexity index is 1860. The molecule has 1 aromatic rings. The number of carbonyl (C=O) groups is 1. The summed E-state index contributed by atoms with van der Waals surface area (Å²) in [4.78, 5) is 23.3. The van der Waals surface area contributed by atoms with Crippen LogP contribution in [-0.2, 0) is 4.79 Å². The third-order valence-corrected chi connectivity index (χ3v) is 19.7. The van der Waals surface area contributed by atoms with Gasteiger partial charge in [-0.25, -0.2) is 9.83 Å². The number of pyridine rings is 1. The minimum Gasteiger partial charge on any atom is -0.486 e. The molecule has 8 heteroatoms. The third kappa shape index (κ3) is 6.75. The average molecular weight is 809 g/mol. The summed E-state index contributed by atoms with van der Waals surface area (Å²) in [5.74, 6) is 5.44. The number of hydrogen-bond donors (Lipinski definition) is 2. The number of aromatic nitrogens is 1. The van der Waals surface area contributed by atoms with E-state index in [9.17, 15) is 9.90 Å². The van der Waals surface area contributed by atoms with E-state index < -0.39 is 11.4 Å². The molecule has 58 heavy (non-hydrogen) atoms. The van der Waals surface area contributed by atoms with Gasteiger partial charge < -0.3 is 20.1 Å². The van der Waals surface area contributed by atoms with Crippen molar-refractivity contribution < 1.29 is 14.6 Å². The lowest BCUT2D eigenvalue weighted by Crippen LogP contribution is -2.68. The highest BCUT2D eigenvalue weighted by atomic mass is 32.2. The van der Waals surface area contributed by atoms with Crippen LogP contribution in [0, 0.1) is 63.2 Å². The van der Waals surface area contributed by atoms with Crippen molar-refractivity contribution in [2.24, 2.45) is 56.7 Å². The number of rotatable bonds is 11. The fraction of sp³-hybridized carbons (Fsp3) is 0.740. The Morgan fingerprint density at radius 2 is 1.81 bits per heavy atom. The van der Waals surface area contributed by atoms with Crippen LogP contribution in [0.25, 0.3) is 4.85 Å².